The van der Waals surface area contributed by atoms with Gasteiger partial charge in [-0.2, -0.15) is 0 Å². The highest BCUT2D eigenvalue weighted by atomic mass is 32.1. The zero-order valence-corrected chi connectivity index (χ0v) is 13.2. The van der Waals surface area contributed by atoms with E-state index in [1.54, 1.807) is 13.2 Å². The van der Waals surface area contributed by atoms with Gasteiger partial charge in [-0.05, 0) is 18.3 Å². The van der Waals surface area contributed by atoms with Gasteiger partial charge in [0.25, 0.3) is 0 Å². The van der Waals surface area contributed by atoms with Crippen LogP contribution >= 0.6 is 12.2 Å². The number of hydrogen-bond acceptors (Lipinski definition) is 3. The van der Waals surface area contributed by atoms with E-state index >= 15 is 0 Å². The predicted octanol–water partition coefficient (Wildman–Crippen LogP) is 1.46. The molecule has 1 N–H and O–H groups in total. The van der Waals surface area contributed by atoms with Gasteiger partial charge in [0.1, 0.15) is 5.82 Å². The lowest BCUT2D eigenvalue weighted by Gasteiger charge is -2.36. The molecule has 0 atom stereocenters. The van der Waals surface area contributed by atoms with Crippen LogP contribution in [0.25, 0.3) is 0 Å². The second-order valence-corrected chi connectivity index (χ2v) is 5.47. The number of thiocarbonyl (C=S) groups is 1. The molecule has 0 radical (unpaired) electrons. The van der Waals surface area contributed by atoms with Crippen LogP contribution in [0.3, 0.4) is 0 Å². The van der Waals surface area contributed by atoms with Gasteiger partial charge in [-0.1, -0.05) is 18.2 Å². The van der Waals surface area contributed by atoms with Crippen LogP contribution < -0.4 is 5.32 Å². The molecule has 6 heteroatoms. The Morgan fingerprint density at radius 1 is 1.29 bits per heavy atom. The molecule has 0 unspecified atom stereocenters. The van der Waals surface area contributed by atoms with Gasteiger partial charge < -0.3 is 15.0 Å². The van der Waals surface area contributed by atoms with Gasteiger partial charge in [0.05, 0.1) is 6.61 Å². The van der Waals surface area contributed by atoms with Gasteiger partial charge in [-0.15, -0.1) is 0 Å². The number of methoxy groups -OCH3 is 1. The first-order valence-electron chi connectivity index (χ1n) is 7.18. The molecule has 0 aromatic heterocycles. The van der Waals surface area contributed by atoms with E-state index in [4.69, 9.17) is 17.0 Å². The second kappa shape index (κ2) is 8.26. The molecule has 0 aliphatic carbocycles. The summed E-state index contributed by atoms with van der Waals surface area (Å²) in [6.07, 6.45) is 0. The van der Waals surface area contributed by atoms with E-state index < -0.39 is 0 Å². The summed E-state index contributed by atoms with van der Waals surface area (Å²) in [6, 6.07) is 6.96. The molecule has 0 saturated carbocycles. The summed E-state index contributed by atoms with van der Waals surface area (Å²) in [5.41, 5.74) is 0.756. The van der Waals surface area contributed by atoms with Gasteiger partial charge >= 0.3 is 0 Å². The van der Waals surface area contributed by atoms with E-state index in [2.05, 4.69) is 15.1 Å². The summed E-state index contributed by atoms with van der Waals surface area (Å²) < 4.78 is 18.6. The van der Waals surface area contributed by atoms with Crippen molar-refractivity contribution in [2.45, 2.75) is 6.54 Å². The van der Waals surface area contributed by atoms with Crippen molar-refractivity contribution in [1.29, 1.82) is 0 Å². The maximum atomic E-state index is 13.6. The number of benzene rings is 1. The highest BCUT2D eigenvalue weighted by molar-refractivity contribution is 7.80. The first-order chi connectivity index (χ1) is 10.2. The van der Waals surface area contributed by atoms with Gasteiger partial charge in [-0.3, -0.25) is 4.90 Å². The number of halogens is 1. The van der Waals surface area contributed by atoms with Crippen LogP contribution in [0.1, 0.15) is 5.56 Å². The van der Waals surface area contributed by atoms with Crippen molar-refractivity contribution in [1.82, 2.24) is 15.1 Å². The normalized spacial score (nSPS) is 16.0. The van der Waals surface area contributed by atoms with E-state index in [0.29, 0.717) is 13.2 Å². The average molecular weight is 311 g/mol. The Morgan fingerprint density at radius 3 is 2.67 bits per heavy atom. The third kappa shape index (κ3) is 4.91. The topological polar surface area (TPSA) is 27.7 Å². The maximum absolute atomic E-state index is 13.6. The van der Waals surface area contributed by atoms with Crippen LogP contribution in [0.4, 0.5) is 4.39 Å². The highest BCUT2D eigenvalue weighted by Crippen LogP contribution is 2.12. The molecular formula is C15H22FN3OS. The molecule has 116 valence electrons. The van der Waals surface area contributed by atoms with Crippen molar-refractivity contribution in [2.24, 2.45) is 0 Å². The maximum Gasteiger partial charge on any atom is 0.169 e. The molecular weight excluding hydrogens is 289 g/mol. The number of rotatable bonds is 5. The summed E-state index contributed by atoms with van der Waals surface area (Å²) >= 11 is 5.36. The molecule has 2 rings (SSSR count). The zero-order chi connectivity index (χ0) is 15.1. The molecule has 1 saturated heterocycles. The number of nitrogens with one attached hydrogen (secondary N) is 1. The van der Waals surface area contributed by atoms with Crippen molar-refractivity contribution < 1.29 is 9.13 Å². The Balaban J connectivity index is 1.75. The molecule has 1 heterocycles. The first-order valence-corrected chi connectivity index (χ1v) is 7.59. The minimum absolute atomic E-state index is 0.128. The Hall–Kier alpha value is -1.24. The second-order valence-electron chi connectivity index (χ2n) is 5.08. The summed E-state index contributed by atoms with van der Waals surface area (Å²) in [5.74, 6) is -0.128. The lowest BCUT2D eigenvalue weighted by Crippen LogP contribution is -2.51. The first kappa shape index (κ1) is 16.1. The van der Waals surface area contributed by atoms with E-state index in [1.807, 2.05) is 12.1 Å². The molecule has 0 spiro atoms. The van der Waals surface area contributed by atoms with Gasteiger partial charge in [0.15, 0.2) is 5.11 Å². The van der Waals surface area contributed by atoms with Crippen LogP contribution in [0.15, 0.2) is 24.3 Å². The number of hydrogen-bond donors (Lipinski definition) is 1. The largest absolute Gasteiger partial charge is 0.383 e. The van der Waals surface area contributed by atoms with Gasteiger partial charge in [0, 0.05) is 51.9 Å². The summed E-state index contributed by atoms with van der Waals surface area (Å²) in [6.45, 7) is 5.55. The fourth-order valence-electron chi connectivity index (χ4n) is 2.35. The zero-order valence-electron chi connectivity index (χ0n) is 12.3. The van der Waals surface area contributed by atoms with Gasteiger partial charge in [0.2, 0.25) is 0 Å². The Morgan fingerprint density at radius 2 is 2.00 bits per heavy atom. The average Bonchev–Trinajstić information content (AvgIpc) is 2.50. The third-order valence-corrected chi connectivity index (χ3v) is 4.00. The van der Waals surface area contributed by atoms with Crippen LogP contribution in [0.5, 0.6) is 0 Å². The van der Waals surface area contributed by atoms with E-state index in [9.17, 15) is 4.39 Å². The molecule has 1 aliphatic heterocycles. The Bertz CT molecular complexity index is 464. The molecule has 4 nitrogen and oxygen atoms in total. The smallest absolute Gasteiger partial charge is 0.169 e. The van der Waals surface area contributed by atoms with Crippen molar-refractivity contribution in [3.63, 3.8) is 0 Å². The van der Waals surface area contributed by atoms with Crippen LogP contribution in [-0.4, -0.2) is 61.4 Å². The molecule has 21 heavy (non-hydrogen) atoms. The summed E-state index contributed by atoms with van der Waals surface area (Å²) in [5, 5.41) is 3.96. The summed E-state index contributed by atoms with van der Waals surface area (Å²) in [7, 11) is 1.67. The Labute approximate surface area is 130 Å². The molecule has 1 aliphatic rings. The lowest BCUT2D eigenvalue weighted by molar-refractivity contribution is 0.170. The minimum atomic E-state index is -0.128. The monoisotopic (exact) mass is 311 g/mol. The third-order valence-electron chi connectivity index (χ3n) is 3.59. The van der Waals surface area contributed by atoms with Crippen LogP contribution in [0.2, 0.25) is 0 Å². The number of ether oxygens (including phenoxy) is 1. The van der Waals surface area contributed by atoms with E-state index in [-0.39, 0.29) is 5.82 Å². The SMILES string of the molecule is COCCNC(=S)N1CCN(Cc2ccccc2F)CC1. The molecule has 1 aromatic rings. The van der Waals surface area contributed by atoms with Crippen molar-refractivity contribution in [3.8, 4) is 0 Å². The van der Waals surface area contributed by atoms with Gasteiger partial charge in [-0.25, -0.2) is 4.39 Å². The quantitative estimate of drug-likeness (QED) is 0.656. The van der Waals surface area contributed by atoms with Crippen molar-refractivity contribution in [2.75, 3.05) is 46.4 Å². The highest BCUT2D eigenvalue weighted by Gasteiger charge is 2.19. The molecule has 0 amide bonds. The number of piperazine rings is 1. The minimum Gasteiger partial charge on any atom is -0.383 e. The summed E-state index contributed by atoms with van der Waals surface area (Å²) in [4.78, 5) is 4.41. The number of nitrogens with zero attached hydrogens (tertiary/aromatic N) is 2. The van der Waals surface area contributed by atoms with E-state index in [1.165, 1.54) is 6.07 Å². The fourth-order valence-corrected chi connectivity index (χ4v) is 2.63. The predicted molar refractivity (Wildman–Crippen MR) is 85.7 cm³/mol. The fraction of sp³-hybridized carbons (Fsp3) is 0.533. The lowest BCUT2D eigenvalue weighted by atomic mass is 10.2. The van der Waals surface area contributed by atoms with Crippen molar-refractivity contribution in [3.05, 3.63) is 35.6 Å². The van der Waals surface area contributed by atoms with E-state index in [0.717, 1.165) is 43.4 Å². The molecule has 0 bridgehead atoms. The Kier molecular flexibility index (Phi) is 6.35. The molecule has 1 aromatic carbocycles. The standard InChI is InChI=1S/C15H22FN3OS/c1-20-11-6-17-15(21)19-9-7-18(8-10-19)12-13-4-2-3-5-14(13)16/h2-5H,6-12H2,1H3,(H,17,21). The molecule has 1 fully saturated rings. The van der Waals surface area contributed by atoms with Crippen LogP contribution in [0, 0.1) is 5.82 Å². The van der Waals surface area contributed by atoms with Crippen LogP contribution in [-0.2, 0) is 11.3 Å². The van der Waals surface area contributed by atoms with Crippen molar-refractivity contribution >= 4 is 17.3 Å².